The van der Waals surface area contributed by atoms with Crippen molar-refractivity contribution in [3.63, 3.8) is 0 Å². The fourth-order valence-electron chi connectivity index (χ4n) is 3.94. The Labute approximate surface area is 217 Å². The molecule has 2 aliphatic rings. The van der Waals surface area contributed by atoms with E-state index in [0.717, 1.165) is 29.3 Å². The molecule has 0 spiro atoms. The van der Waals surface area contributed by atoms with Crippen LogP contribution in [0.3, 0.4) is 0 Å². The summed E-state index contributed by atoms with van der Waals surface area (Å²) in [5, 5.41) is 15.9. The van der Waals surface area contributed by atoms with Crippen molar-refractivity contribution in [1.29, 1.82) is 0 Å². The molecule has 3 aromatic rings. The zero-order valence-corrected chi connectivity index (χ0v) is 21.1. The molecule has 2 N–H and O–H groups in total. The van der Waals surface area contributed by atoms with Crippen molar-refractivity contribution in [3.05, 3.63) is 81.6 Å². The molecule has 1 fully saturated rings. The Balaban J connectivity index is 1.52. The van der Waals surface area contributed by atoms with E-state index in [0.29, 0.717) is 20.7 Å². The van der Waals surface area contributed by atoms with Crippen LogP contribution in [0, 0.1) is 0 Å². The number of carbonyl (C=O) groups is 2. The number of amides is 1. The van der Waals surface area contributed by atoms with Crippen LogP contribution in [-0.2, 0) is 20.9 Å². The van der Waals surface area contributed by atoms with Gasteiger partial charge in [0, 0.05) is 33.7 Å². The number of nitrogens with one attached hydrogen (secondary N) is 1. The molecule has 0 bridgehead atoms. The topological polar surface area (TPSA) is 92.9 Å². The van der Waals surface area contributed by atoms with Gasteiger partial charge in [0.15, 0.2) is 0 Å². The van der Waals surface area contributed by atoms with E-state index in [1.54, 1.807) is 37.3 Å². The molecule has 1 saturated carbocycles. The third-order valence-corrected chi connectivity index (χ3v) is 7.06. The van der Waals surface area contributed by atoms with Crippen molar-refractivity contribution in [2.75, 3.05) is 6.61 Å². The van der Waals surface area contributed by atoms with Crippen LogP contribution in [0.5, 0.6) is 0 Å². The fraction of sp³-hybridized carbons (Fsp3) is 0.222. The first-order valence-electron chi connectivity index (χ1n) is 11.6. The molecule has 2 aromatic carbocycles. The molecular formula is C27H24ClN3O4S. The van der Waals surface area contributed by atoms with Gasteiger partial charge in [-0.3, -0.25) is 4.79 Å². The van der Waals surface area contributed by atoms with Gasteiger partial charge in [-0.1, -0.05) is 41.6 Å². The number of hydrogen-bond donors (Lipinski definition) is 2. The molecule has 0 saturated heterocycles. The Morgan fingerprint density at radius 3 is 2.69 bits per heavy atom. The number of aliphatic imine (C=N–C) groups is 1. The van der Waals surface area contributed by atoms with Crippen LogP contribution < -0.4 is 5.32 Å². The second-order valence-electron chi connectivity index (χ2n) is 8.52. The Morgan fingerprint density at radius 1 is 1.22 bits per heavy atom. The number of aromatic nitrogens is 1. The van der Waals surface area contributed by atoms with Gasteiger partial charge >= 0.3 is 5.97 Å². The van der Waals surface area contributed by atoms with Gasteiger partial charge in [0.25, 0.3) is 0 Å². The molecule has 1 amide bonds. The summed E-state index contributed by atoms with van der Waals surface area (Å²) in [6, 6.07) is 14.9. The van der Waals surface area contributed by atoms with Gasteiger partial charge in [0.1, 0.15) is 22.9 Å². The van der Waals surface area contributed by atoms with Gasteiger partial charge in [0.05, 0.1) is 17.2 Å². The highest BCUT2D eigenvalue weighted by atomic mass is 35.5. The average Bonchev–Trinajstić information content (AvgIpc) is 3.53. The summed E-state index contributed by atoms with van der Waals surface area (Å²) in [6.45, 7) is 2.08. The van der Waals surface area contributed by atoms with Crippen LogP contribution in [0.4, 0.5) is 5.69 Å². The van der Waals surface area contributed by atoms with E-state index in [1.165, 1.54) is 11.8 Å². The van der Waals surface area contributed by atoms with Crippen LogP contribution in [0.15, 0.2) is 76.0 Å². The summed E-state index contributed by atoms with van der Waals surface area (Å²) in [7, 11) is 0. The predicted octanol–water partition coefficient (Wildman–Crippen LogP) is 5.77. The molecule has 0 unspecified atom stereocenters. The maximum Gasteiger partial charge on any atom is 0.344 e. The number of esters is 1. The molecule has 36 heavy (non-hydrogen) atoms. The zero-order chi connectivity index (χ0) is 25.2. The SMILES string of the molecule is CCOC(=O)C1=C(O)C(=Cc2cn(CC(=O)NC3CC3)c3ccccc23)SC1=Nc1ccc(Cl)cc1. The quantitative estimate of drug-likeness (QED) is 0.385. The van der Waals surface area contributed by atoms with Crippen LogP contribution in [0.1, 0.15) is 25.3 Å². The first-order valence-corrected chi connectivity index (χ1v) is 12.8. The number of rotatable bonds is 7. The number of hydrogen-bond acceptors (Lipinski definition) is 6. The van der Waals surface area contributed by atoms with Crippen LogP contribution >= 0.6 is 23.4 Å². The molecule has 2 heterocycles. The maximum absolute atomic E-state index is 12.7. The normalized spacial score (nSPS) is 17.8. The number of aliphatic hydroxyl groups is 1. The lowest BCUT2D eigenvalue weighted by Gasteiger charge is -2.05. The van der Waals surface area contributed by atoms with Crippen molar-refractivity contribution >= 4 is 62.9 Å². The summed E-state index contributed by atoms with van der Waals surface area (Å²) in [5.41, 5.74) is 2.34. The molecule has 184 valence electrons. The highest BCUT2D eigenvalue weighted by Gasteiger charge is 2.33. The summed E-state index contributed by atoms with van der Waals surface area (Å²) in [5.74, 6) is -0.857. The number of ether oxygens (including phenoxy) is 1. The number of aliphatic hydroxyl groups excluding tert-OH is 1. The number of benzene rings is 2. The summed E-state index contributed by atoms with van der Waals surface area (Å²) >= 11 is 7.17. The summed E-state index contributed by atoms with van der Waals surface area (Å²) in [4.78, 5) is 30.2. The van der Waals surface area contributed by atoms with Gasteiger partial charge < -0.3 is 19.7 Å². The third kappa shape index (κ3) is 5.20. The van der Waals surface area contributed by atoms with Crippen molar-refractivity contribution in [3.8, 4) is 0 Å². The van der Waals surface area contributed by atoms with E-state index in [-0.39, 0.29) is 36.4 Å². The fourth-order valence-corrected chi connectivity index (χ4v) is 5.09. The highest BCUT2D eigenvalue weighted by molar-refractivity contribution is 8.18. The van der Waals surface area contributed by atoms with E-state index < -0.39 is 5.97 Å². The third-order valence-electron chi connectivity index (χ3n) is 5.79. The number of carbonyl (C=O) groups excluding carboxylic acids is 2. The Kier molecular flexibility index (Phi) is 6.89. The lowest BCUT2D eigenvalue weighted by atomic mass is 10.1. The minimum Gasteiger partial charge on any atom is -0.506 e. The van der Waals surface area contributed by atoms with Gasteiger partial charge in [-0.15, -0.1) is 0 Å². The van der Waals surface area contributed by atoms with Crippen molar-refractivity contribution in [2.45, 2.75) is 32.4 Å². The van der Waals surface area contributed by atoms with E-state index in [9.17, 15) is 14.7 Å². The number of halogens is 1. The van der Waals surface area contributed by atoms with Crippen molar-refractivity contribution in [1.82, 2.24) is 9.88 Å². The first kappa shape index (κ1) is 24.2. The van der Waals surface area contributed by atoms with Crippen LogP contribution in [0.25, 0.3) is 17.0 Å². The van der Waals surface area contributed by atoms with E-state index in [4.69, 9.17) is 16.3 Å². The second-order valence-corrected chi connectivity index (χ2v) is 9.99. The zero-order valence-electron chi connectivity index (χ0n) is 19.5. The largest absolute Gasteiger partial charge is 0.506 e. The number of thioether (sulfide) groups is 1. The highest BCUT2D eigenvalue weighted by Crippen LogP contribution is 2.41. The number of fused-ring (bicyclic) bond motifs is 1. The molecule has 5 rings (SSSR count). The number of para-hydroxylation sites is 1. The molecule has 1 aromatic heterocycles. The maximum atomic E-state index is 12.7. The average molecular weight is 522 g/mol. The molecule has 0 radical (unpaired) electrons. The van der Waals surface area contributed by atoms with E-state index in [1.807, 2.05) is 35.0 Å². The first-order chi connectivity index (χ1) is 17.4. The smallest absolute Gasteiger partial charge is 0.344 e. The molecular weight excluding hydrogens is 498 g/mol. The standard InChI is InChI=1S/C27H24ClN3O4S/c1-2-35-27(34)24-25(33)22(36-26(24)30-19-9-7-17(28)8-10-19)13-16-14-31(15-23(32)29-18-11-12-18)21-6-4-3-5-20(16)21/h3-10,13-14,18,33H,2,11-12,15H2,1H3,(H,29,32). The van der Waals surface area contributed by atoms with Gasteiger partial charge in [-0.25, -0.2) is 9.79 Å². The van der Waals surface area contributed by atoms with E-state index in [2.05, 4.69) is 10.3 Å². The van der Waals surface area contributed by atoms with Gasteiger partial charge in [-0.2, -0.15) is 0 Å². The van der Waals surface area contributed by atoms with Crippen molar-refractivity contribution < 1.29 is 19.4 Å². The monoisotopic (exact) mass is 521 g/mol. The van der Waals surface area contributed by atoms with Gasteiger partial charge in [-0.05, 0) is 56.2 Å². The Morgan fingerprint density at radius 2 is 1.97 bits per heavy atom. The lowest BCUT2D eigenvalue weighted by molar-refractivity contribution is -0.138. The lowest BCUT2D eigenvalue weighted by Crippen LogP contribution is -2.29. The molecule has 9 heteroatoms. The molecule has 0 atom stereocenters. The van der Waals surface area contributed by atoms with Gasteiger partial charge in [0.2, 0.25) is 5.91 Å². The Bertz CT molecular complexity index is 1430. The van der Waals surface area contributed by atoms with Crippen LogP contribution in [-0.4, -0.2) is 39.2 Å². The summed E-state index contributed by atoms with van der Waals surface area (Å²) in [6.07, 6.45) is 5.75. The second kappa shape index (κ2) is 10.2. The summed E-state index contributed by atoms with van der Waals surface area (Å²) < 4.78 is 7.09. The van der Waals surface area contributed by atoms with Crippen LogP contribution in [0.2, 0.25) is 5.02 Å². The molecule has 7 nitrogen and oxygen atoms in total. The number of nitrogens with zero attached hydrogens (tertiary/aromatic N) is 2. The minimum absolute atomic E-state index is 0.0237. The molecule has 1 aliphatic heterocycles. The van der Waals surface area contributed by atoms with Crippen molar-refractivity contribution in [2.24, 2.45) is 4.99 Å². The minimum atomic E-state index is -0.641. The molecule has 1 aliphatic carbocycles. The Hall–Kier alpha value is -3.49. The predicted molar refractivity (Wildman–Crippen MR) is 144 cm³/mol. The van der Waals surface area contributed by atoms with E-state index >= 15 is 0 Å².